The molecule has 1 atom stereocenters. The first-order valence-corrected chi connectivity index (χ1v) is 11.5. The van der Waals surface area contributed by atoms with E-state index in [2.05, 4.69) is 15.6 Å². The summed E-state index contributed by atoms with van der Waals surface area (Å²) < 4.78 is 0. The molecule has 0 fully saturated rings. The third kappa shape index (κ3) is 7.48. The average Bonchev–Trinajstić information content (AvgIpc) is 3.13. The van der Waals surface area contributed by atoms with Gasteiger partial charge >= 0.3 is 0 Å². The third-order valence-corrected chi connectivity index (χ3v) is 6.07. The van der Waals surface area contributed by atoms with Gasteiger partial charge in [-0.1, -0.05) is 30.1 Å². The van der Waals surface area contributed by atoms with Gasteiger partial charge in [-0.05, 0) is 45.4 Å². The third-order valence-electron chi connectivity index (χ3n) is 4.52. The topological polar surface area (TPSA) is 91.4 Å². The van der Waals surface area contributed by atoms with Crippen LogP contribution in [0.25, 0.3) is 0 Å². The molecule has 31 heavy (non-hydrogen) atoms. The van der Waals surface area contributed by atoms with Crippen LogP contribution in [0.3, 0.4) is 0 Å². The molecule has 2 aromatic rings. The lowest BCUT2D eigenvalue weighted by molar-refractivity contribution is -0.121. The average molecular weight is 485 g/mol. The van der Waals surface area contributed by atoms with E-state index in [-0.39, 0.29) is 47.8 Å². The van der Waals surface area contributed by atoms with E-state index in [1.165, 1.54) is 22.3 Å². The molecule has 1 aromatic carbocycles. The summed E-state index contributed by atoms with van der Waals surface area (Å²) in [7, 11) is 0. The second-order valence-corrected chi connectivity index (χ2v) is 9.07. The van der Waals surface area contributed by atoms with Gasteiger partial charge in [-0.15, -0.1) is 11.3 Å². The van der Waals surface area contributed by atoms with Crippen LogP contribution < -0.4 is 10.6 Å². The first kappa shape index (κ1) is 25.1. The lowest BCUT2D eigenvalue weighted by atomic mass is 10.1. The van der Waals surface area contributed by atoms with Gasteiger partial charge in [-0.2, -0.15) is 0 Å². The van der Waals surface area contributed by atoms with Crippen LogP contribution in [0.4, 0.5) is 5.13 Å². The first-order valence-electron chi connectivity index (χ1n) is 9.90. The molecule has 1 unspecified atom stereocenters. The molecule has 10 heteroatoms. The van der Waals surface area contributed by atoms with Gasteiger partial charge in [0.05, 0.1) is 22.2 Å². The molecule has 2 rings (SSSR count). The summed E-state index contributed by atoms with van der Waals surface area (Å²) in [6.07, 6.45) is 0.988. The van der Waals surface area contributed by atoms with Crippen molar-refractivity contribution in [2.24, 2.45) is 0 Å². The Labute approximate surface area is 196 Å². The lowest BCUT2D eigenvalue weighted by Crippen LogP contribution is -2.42. The van der Waals surface area contributed by atoms with E-state index in [4.69, 9.17) is 23.2 Å². The minimum absolute atomic E-state index is 0.0976. The highest BCUT2D eigenvalue weighted by Gasteiger charge is 2.23. The summed E-state index contributed by atoms with van der Waals surface area (Å²) >= 11 is 13.2. The summed E-state index contributed by atoms with van der Waals surface area (Å²) in [5.74, 6) is -0.826. The highest BCUT2D eigenvalue weighted by Crippen LogP contribution is 2.24. The van der Waals surface area contributed by atoms with E-state index < -0.39 is 0 Å². The van der Waals surface area contributed by atoms with Crippen molar-refractivity contribution >= 4 is 57.4 Å². The quantitative estimate of drug-likeness (QED) is 0.551. The highest BCUT2D eigenvalue weighted by molar-refractivity contribution is 7.13. The summed E-state index contributed by atoms with van der Waals surface area (Å²) in [6.45, 7) is 7.42. The lowest BCUT2D eigenvalue weighted by Gasteiger charge is -2.26. The maximum Gasteiger partial charge on any atom is 0.254 e. The molecule has 168 valence electrons. The summed E-state index contributed by atoms with van der Waals surface area (Å²) in [6, 6.07) is 4.48. The second-order valence-electron chi connectivity index (χ2n) is 7.40. The summed E-state index contributed by atoms with van der Waals surface area (Å²) in [4.78, 5) is 43.1. The number of hydrogen-bond acceptors (Lipinski definition) is 5. The van der Waals surface area contributed by atoms with Gasteiger partial charge in [0.2, 0.25) is 11.8 Å². The van der Waals surface area contributed by atoms with E-state index >= 15 is 0 Å². The first-order chi connectivity index (χ1) is 14.6. The second kappa shape index (κ2) is 11.5. The number of nitrogens with one attached hydrogen (secondary N) is 2. The molecule has 0 aliphatic rings. The molecular formula is C21H26Cl2N4O3S. The maximum absolute atomic E-state index is 12.9. The van der Waals surface area contributed by atoms with Crippen molar-refractivity contribution in [1.82, 2.24) is 15.2 Å². The fourth-order valence-corrected chi connectivity index (χ4v) is 3.66. The SMILES string of the molecule is CCC(C)NC(=O)Cc1csc(NC(=O)CN(C(=O)c2ccc(Cl)c(Cl)c2)C(C)C)n1. The van der Waals surface area contributed by atoms with Crippen molar-refractivity contribution in [3.05, 3.63) is 44.9 Å². The number of carbonyl (C=O) groups excluding carboxylic acids is 3. The molecule has 0 aliphatic carbocycles. The van der Waals surface area contributed by atoms with E-state index in [9.17, 15) is 14.4 Å². The van der Waals surface area contributed by atoms with Gasteiger partial charge in [0.15, 0.2) is 5.13 Å². The Balaban J connectivity index is 1.99. The van der Waals surface area contributed by atoms with Crippen molar-refractivity contribution in [1.29, 1.82) is 0 Å². The highest BCUT2D eigenvalue weighted by atomic mass is 35.5. The van der Waals surface area contributed by atoms with E-state index in [0.29, 0.717) is 21.4 Å². The van der Waals surface area contributed by atoms with E-state index in [1.54, 1.807) is 17.5 Å². The Morgan fingerprint density at radius 2 is 1.84 bits per heavy atom. The fourth-order valence-electron chi connectivity index (χ4n) is 2.64. The molecule has 3 amide bonds. The van der Waals surface area contributed by atoms with Crippen molar-refractivity contribution < 1.29 is 14.4 Å². The minimum Gasteiger partial charge on any atom is -0.353 e. The van der Waals surface area contributed by atoms with E-state index in [1.807, 2.05) is 27.7 Å². The smallest absolute Gasteiger partial charge is 0.254 e. The van der Waals surface area contributed by atoms with Crippen LogP contribution in [-0.4, -0.2) is 46.2 Å². The summed E-state index contributed by atoms with van der Waals surface area (Å²) in [5, 5.41) is 8.30. The normalized spacial score (nSPS) is 11.8. The van der Waals surface area contributed by atoms with Gasteiger partial charge < -0.3 is 15.5 Å². The van der Waals surface area contributed by atoms with Crippen LogP contribution >= 0.6 is 34.5 Å². The number of halogens is 2. The summed E-state index contributed by atoms with van der Waals surface area (Å²) in [5.41, 5.74) is 0.924. The Hall–Kier alpha value is -2.16. The Morgan fingerprint density at radius 3 is 2.45 bits per heavy atom. The fraction of sp³-hybridized carbons (Fsp3) is 0.429. The predicted molar refractivity (Wildman–Crippen MR) is 125 cm³/mol. The van der Waals surface area contributed by atoms with Crippen LogP contribution in [0.2, 0.25) is 10.0 Å². The number of rotatable bonds is 9. The number of anilines is 1. The molecule has 7 nitrogen and oxygen atoms in total. The van der Waals surface area contributed by atoms with Gasteiger partial charge in [-0.3, -0.25) is 14.4 Å². The van der Waals surface area contributed by atoms with Crippen molar-refractivity contribution in [3.8, 4) is 0 Å². The molecular weight excluding hydrogens is 459 g/mol. The van der Waals surface area contributed by atoms with Crippen LogP contribution in [-0.2, 0) is 16.0 Å². The zero-order chi connectivity index (χ0) is 23.1. The Bertz CT molecular complexity index is 948. The monoisotopic (exact) mass is 484 g/mol. The Morgan fingerprint density at radius 1 is 1.13 bits per heavy atom. The molecule has 0 spiro atoms. The van der Waals surface area contributed by atoms with Gasteiger partial charge in [0.25, 0.3) is 5.91 Å². The van der Waals surface area contributed by atoms with E-state index in [0.717, 1.165) is 6.42 Å². The number of benzene rings is 1. The Kier molecular flexibility index (Phi) is 9.28. The number of carbonyl (C=O) groups is 3. The van der Waals surface area contributed by atoms with Crippen LogP contribution in [0.1, 0.15) is 50.2 Å². The molecule has 2 N–H and O–H groups in total. The molecule has 0 saturated heterocycles. The van der Waals surface area contributed by atoms with Crippen LogP contribution in [0.15, 0.2) is 23.6 Å². The van der Waals surface area contributed by atoms with Crippen LogP contribution in [0.5, 0.6) is 0 Å². The molecule has 0 aliphatic heterocycles. The predicted octanol–water partition coefficient (Wildman–Crippen LogP) is 4.40. The largest absolute Gasteiger partial charge is 0.353 e. The van der Waals surface area contributed by atoms with Gasteiger partial charge in [-0.25, -0.2) is 4.98 Å². The zero-order valence-corrected chi connectivity index (χ0v) is 20.2. The minimum atomic E-state index is -0.382. The van der Waals surface area contributed by atoms with Crippen molar-refractivity contribution in [2.45, 2.75) is 52.6 Å². The number of thiazole rings is 1. The zero-order valence-electron chi connectivity index (χ0n) is 17.9. The number of aromatic nitrogens is 1. The van der Waals surface area contributed by atoms with Gasteiger partial charge in [0.1, 0.15) is 6.54 Å². The molecule has 0 bridgehead atoms. The molecule has 1 heterocycles. The number of nitrogens with zero attached hydrogens (tertiary/aromatic N) is 2. The standard InChI is InChI=1S/C21H26Cl2N4O3S/c1-5-13(4)24-18(28)9-15-11-31-21(25-15)26-19(29)10-27(12(2)3)20(30)14-6-7-16(22)17(23)8-14/h6-8,11-13H,5,9-10H2,1-4H3,(H,24,28)(H,25,26,29). The molecule has 0 saturated carbocycles. The number of amides is 3. The van der Waals surface area contributed by atoms with Crippen molar-refractivity contribution in [2.75, 3.05) is 11.9 Å². The number of hydrogen-bond donors (Lipinski definition) is 2. The van der Waals surface area contributed by atoms with Gasteiger partial charge in [0, 0.05) is 23.0 Å². The van der Waals surface area contributed by atoms with Crippen molar-refractivity contribution in [3.63, 3.8) is 0 Å². The molecule has 0 radical (unpaired) electrons. The molecule has 1 aromatic heterocycles. The van der Waals surface area contributed by atoms with Crippen LogP contribution in [0, 0.1) is 0 Å². The maximum atomic E-state index is 12.9.